The molecule has 0 aliphatic carbocycles. The van der Waals surface area contributed by atoms with E-state index in [0.29, 0.717) is 26.2 Å². The standard InChI is InChI=1S/C24H24FN3O3S/c25-21-11-9-19(10-12-21)18-26-24(29)20-5-4-8-23(17-20)32(30,31)28-15-13-27(14-16-28)22-6-2-1-3-7-22/h1-12,17H,13-16,18H2,(H,26,29). The second-order valence-electron chi connectivity index (χ2n) is 7.56. The molecule has 1 aliphatic rings. The maximum absolute atomic E-state index is 13.2. The predicted molar refractivity (Wildman–Crippen MR) is 121 cm³/mol. The van der Waals surface area contributed by atoms with Crippen LogP contribution >= 0.6 is 0 Å². The summed E-state index contributed by atoms with van der Waals surface area (Å²) in [6.07, 6.45) is 0. The summed E-state index contributed by atoms with van der Waals surface area (Å²) in [6.45, 7) is 2.16. The molecule has 1 fully saturated rings. The molecule has 166 valence electrons. The van der Waals surface area contributed by atoms with Crippen LogP contribution in [0.15, 0.2) is 83.8 Å². The fourth-order valence-corrected chi connectivity index (χ4v) is 5.13. The van der Waals surface area contributed by atoms with Crippen LogP contribution in [0.5, 0.6) is 0 Å². The molecule has 0 bridgehead atoms. The second kappa shape index (κ2) is 9.50. The van der Waals surface area contributed by atoms with E-state index in [1.165, 1.54) is 28.6 Å². The summed E-state index contributed by atoms with van der Waals surface area (Å²) in [7, 11) is -3.71. The predicted octanol–water partition coefficient (Wildman–Crippen LogP) is 3.27. The molecule has 1 amide bonds. The number of piperazine rings is 1. The summed E-state index contributed by atoms with van der Waals surface area (Å²) in [5.41, 5.74) is 2.08. The maximum Gasteiger partial charge on any atom is 0.251 e. The summed E-state index contributed by atoms with van der Waals surface area (Å²) >= 11 is 0. The minimum absolute atomic E-state index is 0.0973. The monoisotopic (exact) mass is 453 g/mol. The van der Waals surface area contributed by atoms with E-state index < -0.39 is 10.0 Å². The fourth-order valence-electron chi connectivity index (χ4n) is 3.66. The minimum atomic E-state index is -3.71. The number of rotatable bonds is 6. The zero-order chi connectivity index (χ0) is 22.6. The molecule has 1 heterocycles. The molecule has 0 spiro atoms. The molecule has 0 radical (unpaired) electrons. The Morgan fingerprint density at radius 1 is 0.875 bits per heavy atom. The number of benzene rings is 3. The first-order chi connectivity index (χ1) is 15.4. The average molecular weight is 454 g/mol. The molecule has 3 aromatic rings. The molecule has 4 rings (SSSR count). The lowest BCUT2D eigenvalue weighted by molar-refractivity contribution is 0.0950. The molecule has 1 aliphatic heterocycles. The lowest BCUT2D eigenvalue weighted by Gasteiger charge is -2.35. The number of carbonyl (C=O) groups is 1. The van der Waals surface area contributed by atoms with Gasteiger partial charge < -0.3 is 10.2 Å². The number of sulfonamides is 1. The Balaban J connectivity index is 1.41. The van der Waals surface area contributed by atoms with E-state index in [0.717, 1.165) is 11.3 Å². The molecule has 3 aromatic carbocycles. The van der Waals surface area contributed by atoms with E-state index in [9.17, 15) is 17.6 Å². The van der Waals surface area contributed by atoms with Crippen molar-refractivity contribution in [1.29, 1.82) is 0 Å². The van der Waals surface area contributed by atoms with Crippen LogP contribution < -0.4 is 10.2 Å². The van der Waals surface area contributed by atoms with Crippen molar-refractivity contribution in [2.24, 2.45) is 0 Å². The largest absolute Gasteiger partial charge is 0.369 e. The van der Waals surface area contributed by atoms with Gasteiger partial charge in [-0.2, -0.15) is 4.31 Å². The zero-order valence-electron chi connectivity index (χ0n) is 17.4. The van der Waals surface area contributed by atoms with Crippen molar-refractivity contribution in [1.82, 2.24) is 9.62 Å². The van der Waals surface area contributed by atoms with E-state index >= 15 is 0 Å². The summed E-state index contributed by atoms with van der Waals surface area (Å²) < 4.78 is 40.8. The SMILES string of the molecule is O=C(NCc1ccc(F)cc1)c1cccc(S(=O)(=O)N2CCN(c3ccccc3)CC2)c1. The van der Waals surface area contributed by atoms with Gasteiger partial charge in [0.15, 0.2) is 0 Å². The molecule has 0 aromatic heterocycles. The molecule has 1 saturated heterocycles. The Kier molecular flexibility index (Phi) is 6.53. The van der Waals surface area contributed by atoms with Gasteiger partial charge >= 0.3 is 0 Å². The molecule has 0 saturated carbocycles. The van der Waals surface area contributed by atoms with Crippen LogP contribution in [-0.2, 0) is 16.6 Å². The van der Waals surface area contributed by atoms with Gasteiger partial charge in [-0.1, -0.05) is 36.4 Å². The van der Waals surface area contributed by atoms with Crippen LogP contribution in [0, 0.1) is 5.82 Å². The number of amides is 1. The van der Waals surface area contributed by atoms with Crippen molar-refractivity contribution >= 4 is 21.6 Å². The number of nitrogens with zero attached hydrogens (tertiary/aromatic N) is 2. The van der Waals surface area contributed by atoms with E-state index in [2.05, 4.69) is 10.2 Å². The number of anilines is 1. The topological polar surface area (TPSA) is 69.7 Å². The Bertz CT molecular complexity index is 1180. The number of nitrogens with one attached hydrogen (secondary N) is 1. The third-order valence-electron chi connectivity index (χ3n) is 5.46. The Labute approximate surface area is 187 Å². The van der Waals surface area contributed by atoms with Gasteiger partial charge in [0.25, 0.3) is 5.91 Å². The van der Waals surface area contributed by atoms with Crippen molar-refractivity contribution in [3.63, 3.8) is 0 Å². The highest BCUT2D eigenvalue weighted by atomic mass is 32.2. The van der Waals surface area contributed by atoms with Crippen LogP contribution in [0.2, 0.25) is 0 Å². The van der Waals surface area contributed by atoms with Gasteiger partial charge in [-0.05, 0) is 48.0 Å². The highest BCUT2D eigenvalue weighted by Crippen LogP contribution is 2.21. The smallest absolute Gasteiger partial charge is 0.251 e. The van der Waals surface area contributed by atoms with Gasteiger partial charge in [-0.3, -0.25) is 4.79 Å². The average Bonchev–Trinajstić information content (AvgIpc) is 2.84. The molecular formula is C24H24FN3O3S. The summed E-state index contributed by atoms with van der Waals surface area (Å²) in [5.74, 6) is -0.733. The first-order valence-electron chi connectivity index (χ1n) is 10.4. The van der Waals surface area contributed by atoms with Crippen LogP contribution in [-0.4, -0.2) is 44.8 Å². The summed E-state index contributed by atoms with van der Waals surface area (Å²) in [6, 6.07) is 21.8. The molecule has 1 N–H and O–H groups in total. The first kappa shape index (κ1) is 22.0. The molecule has 6 nitrogen and oxygen atoms in total. The fraction of sp³-hybridized carbons (Fsp3) is 0.208. The van der Waals surface area contributed by atoms with E-state index in [1.54, 1.807) is 24.3 Å². The zero-order valence-corrected chi connectivity index (χ0v) is 18.3. The number of hydrogen-bond acceptors (Lipinski definition) is 4. The number of hydrogen-bond donors (Lipinski definition) is 1. The van der Waals surface area contributed by atoms with Crippen molar-refractivity contribution in [3.05, 3.63) is 95.8 Å². The van der Waals surface area contributed by atoms with Gasteiger partial charge in [0, 0.05) is 44.0 Å². The van der Waals surface area contributed by atoms with Gasteiger partial charge in [-0.15, -0.1) is 0 Å². The number of halogens is 1. The summed E-state index contributed by atoms with van der Waals surface area (Å²) in [5, 5.41) is 2.74. The lowest BCUT2D eigenvalue weighted by Crippen LogP contribution is -2.48. The third-order valence-corrected chi connectivity index (χ3v) is 7.35. The quantitative estimate of drug-likeness (QED) is 0.622. The Morgan fingerprint density at radius 2 is 1.56 bits per heavy atom. The second-order valence-corrected chi connectivity index (χ2v) is 9.50. The highest BCUT2D eigenvalue weighted by Gasteiger charge is 2.29. The molecule has 32 heavy (non-hydrogen) atoms. The van der Waals surface area contributed by atoms with Crippen molar-refractivity contribution < 1.29 is 17.6 Å². The van der Waals surface area contributed by atoms with E-state index in [-0.39, 0.29) is 28.7 Å². The summed E-state index contributed by atoms with van der Waals surface area (Å²) in [4.78, 5) is 14.8. The first-order valence-corrected chi connectivity index (χ1v) is 11.8. The van der Waals surface area contributed by atoms with Crippen LogP contribution in [0.1, 0.15) is 15.9 Å². The van der Waals surface area contributed by atoms with Crippen molar-refractivity contribution in [3.8, 4) is 0 Å². The lowest BCUT2D eigenvalue weighted by atomic mass is 10.2. The molecular weight excluding hydrogens is 429 g/mol. The molecule has 8 heteroatoms. The molecule has 0 atom stereocenters. The van der Waals surface area contributed by atoms with Crippen LogP contribution in [0.4, 0.5) is 10.1 Å². The Morgan fingerprint density at radius 3 is 2.25 bits per heavy atom. The normalized spacial score (nSPS) is 14.8. The van der Waals surface area contributed by atoms with Gasteiger partial charge in [0.05, 0.1) is 4.90 Å². The third kappa shape index (κ3) is 4.98. The number of para-hydroxylation sites is 1. The minimum Gasteiger partial charge on any atom is -0.369 e. The van der Waals surface area contributed by atoms with E-state index in [4.69, 9.17) is 0 Å². The Hall–Kier alpha value is -3.23. The van der Waals surface area contributed by atoms with Crippen molar-refractivity contribution in [2.75, 3.05) is 31.1 Å². The van der Waals surface area contributed by atoms with Gasteiger partial charge in [-0.25, -0.2) is 12.8 Å². The van der Waals surface area contributed by atoms with Crippen molar-refractivity contribution in [2.45, 2.75) is 11.4 Å². The molecule has 0 unspecified atom stereocenters. The van der Waals surface area contributed by atoms with Crippen LogP contribution in [0.25, 0.3) is 0 Å². The highest BCUT2D eigenvalue weighted by molar-refractivity contribution is 7.89. The van der Waals surface area contributed by atoms with E-state index in [1.807, 2.05) is 30.3 Å². The van der Waals surface area contributed by atoms with Gasteiger partial charge in [0.1, 0.15) is 5.82 Å². The van der Waals surface area contributed by atoms with Crippen LogP contribution in [0.3, 0.4) is 0 Å². The maximum atomic E-state index is 13.2. The number of carbonyl (C=O) groups excluding carboxylic acids is 1. The van der Waals surface area contributed by atoms with Gasteiger partial charge in [0.2, 0.25) is 10.0 Å².